The Hall–Kier alpha value is -0.160. The summed E-state index contributed by atoms with van der Waals surface area (Å²) in [4.78, 5) is 0. The van der Waals surface area contributed by atoms with Crippen LogP contribution in [0, 0.1) is 0 Å². The molecule has 0 aromatic carbocycles. The van der Waals surface area contributed by atoms with Gasteiger partial charge < -0.3 is 19.9 Å². The highest BCUT2D eigenvalue weighted by Crippen LogP contribution is 2.27. The van der Waals surface area contributed by atoms with Gasteiger partial charge in [0.15, 0.2) is 0 Å². The van der Waals surface area contributed by atoms with Crippen molar-refractivity contribution in [2.24, 2.45) is 0 Å². The molecule has 2 N–H and O–H groups in total. The Morgan fingerprint density at radius 3 is 2.41 bits per heavy atom. The topological polar surface area (TPSA) is 50.7 Å². The van der Waals surface area contributed by atoms with Crippen molar-refractivity contribution < 1.29 is 14.6 Å². The fourth-order valence-electron chi connectivity index (χ4n) is 2.30. The lowest BCUT2D eigenvalue weighted by Gasteiger charge is -2.44. The maximum absolute atomic E-state index is 10.2. The second kappa shape index (κ2) is 6.69. The first-order valence-electron chi connectivity index (χ1n) is 6.70. The Morgan fingerprint density at radius 1 is 1.29 bits per heavy atom. The minimum Gasteiger partial charge on any atom is -0.389 e. The zero-order chi connectivity index (χ0) is 12.9. The first kappa shape index (κ1) is 14.9. The number of rotatable bonds is 8. The van der Waals surface area contributed by atoms with Crippen LogP contribution in [0.25, 0.3) is 0 Å². The smallest absolute Gasteiger partial charge is 0.0986 e. The normalized spacial score (nSPS) is 29.1. The molecule has 1 aliphatic carbocycles. The standard InChI is InChI=1S/C13H27NO3/c1-5-13(15,6-2)9-14-10-8-11(17-7-3)12(10)16-4/h10-12,14-15H,5-9H2,1-4H3. The molecular formula is C13H27NO3. The van der Waals surface area contributed by atoms with Crippen LogP contribution < -0.4 is 5.32 Å². The van der Waals surface area contributed by atoms with Crippen molar-refractivity contribution in [1.82, 2.24) is 5.32 Å². The van der Waals surface area contributed by atoms with Crippen molar-refractivity contribution in [2.75, 3.05) is 20.3 Å². The number of nitrogens with one attached hydrogen (secondary N) is 1. The molecule has 1 aliphatic rings. The molecule has 1 fully saturated rings. The van der Waals surface area contributed by atoms with Crippen molar-refractivity contribution in [3.8, 4) is 0 Å². The van der Waals surface area contributed by atoms with Crippen molar-refractivity contribution >= 4 is 0 Å². The van der Waals surface area contributed by atoms with Gasteiger partial charge >= 0.3 is 0 Å². The van der Waals surface area contributed by atoms with Gasteiger partial charge in [-0.25, -0.2) is 0 Å². The van der Waals surface area contributed by atoms with E-state index in [0.717, 1.165) is 25.9 Å². The zero-order valence-electron chi connectivity index (χ0n) is 11.5. The Labute approximate surface area is 105 Å². The molecule has 0 bridgehead atoms. The van der Waals surface area contributed by atoms with Crippen molar-refractivity contribution in [3.05, 3.63) is 0 Å². The highest BCUT2D eigenvalue weighted by molar-refractivity contribution is 4.98. The molecule has 0 heterocycles. The number of hydrogen-bond acceptors (Lipinski definition) is 4. The number of methoxy groups -OCH3 is 1. The first-order valence-corrected chi connectivity index (χ1v) is 6.70. The van der Waals surface area contributed by atoms with Crippen LogP contribution in [-0.4, -0.2) is 49.2 Å². The lowest BCUT2D eigenvalue weighted by molar-refractivity contribution is -0.134. The van der Waals surface area contributed by atoms with Gasteiger partial charge in [-0.2, -0.15) is 0 Å². The molecule has 3 atom stereocenters. The highest BCUT2D eigenvalue weighted by atomic mass is 16.5. The van der Waals surface area contributed by atoms with E-state index in [-0.39, 0.29) is 12.2 Å². The minimum absolute atomic E-state index is 0.118. The molecule has 0 aliphatic heterocycles. The summed E-state index contributed by atoms with van der Waals surface area (Å²) in [5.41, 5.74) is -0.588. The molecule has 4 nitrogen and oxygen atoms in total. The second-order valence-electron chi connectivity index (χ2n) is 4.85. The van der Waals surface area contributed by atoms with Crippen molar-refractivity contribution in [2.45, 2.75) is 63.9 Å². The zero-order valence-corrected chi connectivity index (χ0v) is 11.5. The summed E-state index contributed by atoms with van der Waals surface area (Å²) >= 11 is 0. The van der Waals surface area contributed by atoms with Crippen LogP contribution in [-0.2, 0) is 9.47 Å². The predicted molar refractivity (Wildman–Crippen MR) is 68.2 cm³/mol. The van der Waals surface area contributed by atoms with Crippen LogP contribution in [0.3, 0.4) is 0 Å². The van der Waals surface area contributed by atoms with Gasteiger partial charge in [0, 0.05) is 26.3 Å². The van der Waals surface area contributed by atoms with Crippen LogP contribution in [0.1, 0.15) is 40.0 Å². The minimum atomic E-state index is -0.588. The van der Waals surface area contributed by atoms with E-state index >= 15 is 0 Å². The van der Waals surface area contributed by atoms with E-state index in [4.69, 9.17) is 9.47 Å². The summed E-state index contributed by atoms with van der Waals surface area (Å²) in [6.45, 7) is 7.39. The van der Waals surface area contributed by atoms with E-state index in [1.165, 1.54) is 0 Å². The Bertz CT molecular complexity index is 219. The van der Waals surface area contributed by atoms with E-state index in [1.807, 2.05) is 20.8 Å². The molecule has 4 heteroatoms. The van der Waals surface area contributed by atoms with E-state index in [1.54, 1.807) is 7.11 Å². The summed E-state index contributed by atoms with van der Waals surface area (Å²) in [5, 5.41) is 13.6. The molecular weight excluding hydrogens is 218 g/mol. The fraction of sp³-hybridized carbons (Fsp3) is 1.00. The van der Waals surface area contributed by atoms with Crippen LogP contribution in [0.15, 0.2) is 0 Å². The maximum atomic E-state index is 10.2. The van der Waals surface area contributed by atoms with Crippen molar-refractivity contribution in [3.63, 3.8) is 0 Å². The van der Waals surface area contributed by atoms with E-state index in [9.17, 15) is 5.11 Å². The molecule has 0 radical (unpaired) electrons. The summed E-state index contributed by atoms with van der Waals surface area (Å²) in [6, 6.07) is 0.307. The molecule has 0 spiro atoms. The van der Waals surface area contributed by atoms with Crippen molar-refractivity contribution in [1.29, 1.82) is 0 Å². The summed E-state index contributed by atoms with van der Waals surface area (Å²) in [6.07, 6.45) is 2.84. The van der Waals surface area contributed by atoms with Crippen LogP contribution in [0.4, 0.5) is 0 Å². The largest absolute Gasteiger partial charge is 0.389 e. The molecule has 17 heavy (non-hydrogen) atoms. The molecule has 0 saturated heterocycles. The Kier molecular flexibility index (Phi) is 5.86. The molecule has 3 unspecified atom stereocenters. The predicted octanol–water partition coefficient (Wildman–Crippen LogP) is 1.32. The molecule has 0 aromatic rings. The number of aliphatic hydroxyl groups is 1. The van der Waals surface area contributed by atoms with Gasteiger partial charge in [0.05, 0.1) is 17.8 Å². The van der Waals surface area contributed by atoms with Gasteiger partial charge in [-0.1, -0.05) is 13.8 Å². The number of hydrogen-bond donors (Lipinski definition) is 2. The fourth-order valence-corrected chi connectivity index (χ4v) is 2.30. The monoisotopic (exact) mass is 245 g/mol. The number of ether oxygens (including phenoxy) is 2. The van der Waals surface area contributed by atoms with Gasteiger partial charge in [0.2, 0.25) is 0 Å². The van der Waals surface area contributed by atoms with Crippen LogP contribution >= 0.6 is 0 Å². The highest BCUT2D eigenvalue weighted by Gasteiger charge is 2.42. The third kappa shape index (κ3) is 3.65. The van der Waals surface area contributed by atoms with Gasteiger partial charge in [-0.15, -0.1) is 0 Å². The summed E-state index contributed by atoms with van der Waals surface area (Å²) < 4.78 is 11.0. The van der Waals surface area contributed by atoms with Gasteiger partial charge in [0.25, 0.3) is 0 Å². The van der Waals surface area contributed by atoms with E-state index in [2.05, 4.69) is 5.32 Å². The third-order valence-corrected chi connectivity index (χ3v) is 3.91. The first-order chi connectivity index (χ1) is 8.10. The quantitative estimate of drug-likeness (QED) is 0.677. The summed E-state index contributed by atoms with van der Waals surface area (Å²) in [7, 11) is 1.72. The van der Waals surface area contributed by atoms with Gasteiger partial charge in [-0.3, -0.25) is 0 Å². The van der Waals surface area contributed by atoms with Gasteiger partial charge in [0.1, 0.15) is 0 Å². The van der Waals surface area contributed by atoms with Crippen LogP contribution in [0.2, 0.25) is 0 Å². The van der Waals surface area contributed by atoms with Crippen LogP contribution in [0.5, 0.6) is 0 Å². The van der Waals surface area contributed by atoms with Gasteiger partial charge in [-0.05, 0) is 26.2 Å². The summed E-state index contributed by atoms with van der Waals surface area (Å²) in [5.74, 6) is 0. The molecule has 1 rings (SSSR count). The SMILES string of the molecule is CCOC1CC(NCC(O)(CC)CC)C1OC. The Balaban J connectivity index is 2.34. The van der Waals surface area contributed by atoms with E-state index < -0.39 is 5.60 Å². The third-order valence-electron chi connectivity index (χ3n) is 3.91. The van der Waals surface area contributed by atoms with E-state index in [0.29, 0.717) is 12.6 Å². The molecule has 1 saturated carbocycles. The second-order valence-corrected chi connectivity index (χ2v) is 4.85. The average molecular weight is 245 g/mol. The lowest BCUT2D eigenvalue weighted by Crippen LogP contribution is -2.61. The maximum Gasteiger partial charge on any atom is 0.0986 e. The average Bonchev–Trinajstić information content (AvgIpc) is 2.33. The molecule has 102 valence electrons. The Morgan fingerprint density at radius 2 is 1.94 bits per heavy atom. The molecule has 0 amide bonds. The lowest BCUT2D eigenvalue weighted by atomic mass is 9.84. The molecule has 0 aromatic heterocycles.